The number of aliphatic hydroxyl groups is 1. The summed E-state index contributed by atoms with van der Waals surface area (Å²) in [6, 6.07) is 20.3. The summed E-state index contributed by atoms with van der Waals surface area (Å²) in [5, 5.41) is 26.7. The van der Waals surface area contributed by atoms with Crippen LogP contribution in [0.3, 0.4) is 0 Å². The molecule has 3 atom stereocenters. The molecule has 2 fully saturated rings. The number of aryl methyl sites for hydroxylation is 2. The Kier molecular flexibility index (Phi) is 16.3. The van der Waals surface area contributed by atoms with Gasteiger partial charge in [0.25, 0.3) is 5.91 Å². The molecule has 3 N–H and O–H groups in total. The summed E-state index contributed by atoms with van der Waals surface area (Å²) in [7, 11) is 0. The highest BCUT2D eigenvalue weighted by Gasteiger charge is 2.64. The van der Waals surface area contributed by atoms with Gasteiger partial charge in [0.2, 0.25) is 11.8 Å². The molecule has 0 spiro atoms. The van der Waals surface area contributed by atoms with Gasteiger partial charge in [0, 0.05) is 59.5 Å². The SMILES string of the molecule is CC1(C)C(NC(=O)c2ccc(CCCCCCOCC(=O)N[C@H](C(=O)N3C[C@H](O)C[C@H]3C(=O)CCc3ccc(Cl)cc3)C(C)(C)C)cc2)C(C)(C)C1Oc1ccc(C#N)c(Cl)c1. The number of nitrogens with one attached hydrogen (secondary N) is 2. The molecule has 62 heavy (non-hydrogen) atoms. The van der Waals surface area contributed by atoms with E-state index in [2.05, 4.69) is 44.4 Å². The Bertz CT molecular complexity index is 2080. The topological polar surface area (TPSA) is 158 Å². The largest absolute Gasteiger partial charge is 0.489 e. The normalized spacial score (nSPS) is 20.7. The van der Waals surface area contributed by atoms with E-state index in [4.69, 9.17) is 32.7 Å². The van der Waals surface area contributed by atoms with Gasteiger partial charge in [-0.15, -0.1) is 0 Å². The molecule has 1 aliphatic carbocycles. The maximum Gasteiger partial charge on any atom is 0.251 e. The molecule has 13 heteroatoms. The van der Waals surface area contributed by atoms with E-state index in [9.17, 15) is 29.5 Å². The standard InChI is InChI=1S/C49H62Cl2N4O7/c1-47(2,3)42(44(60)55-29-36(56)26-39(55)40(57)24-17-32-15-21-35(50)22-16-32)53-41(58)30-61-25-11-9-8-10-12-31-13-18-33(19-14-31)43(59)54-45-48(4,5)46(49(45,6)7)62-37-23-20-34(28-52)38(51)27-37/h13-16,18-23,27,36,39,42,45-46,56H,8-12,17,24-26,29-30H2,1-7H3,(H,53,58)(H,54,59)/t36-,39+,42-,45?,46?/m1/s1. The Morgan fingerprint density at radius 2 is 1.53 bits per heavy atom. The van der Waals surface area contributed by atoms with Gasteiger partial charge in [-0.1, -0.05) is 109 Å². The summed E-state index contributed by atoms with van der Waals surface area (Å²) >= 11 is 12.2. The van der Waals surface area contributed by atoms with Crippen LogP contribution in [0.5, 0.6) is 5.75 Å². The van der Waals surface area contributed by atoms with Crippen molar-refractivity contribution < 1.29 is 33.8 Å². The van der Waals surface area contributed by atoms with Crippen LogP contribution in [0.1, 0.15) is 114 Å². The second kappa shape index (κ2) is 20.8. The smallest absolute Gasteiger partial charge is 0.251 e. The molecule has 0 bridgehead atoms. The Morgan fingerprint density at radius 3 is 2.16 bits per heavy atom. The van der Waals surface area contributed by atoms with Crippen molar-refractivity contribution in [3.05, 3.63) is 99.0 Å². The summed E-state index contributed by atoms with van der Waals surface area (Å²) in [6.07, 6.45) is 4.39. The molecule has 3 amide bonds. The average molecular weight is 890 g/mol. The van der Waals surface area contributed by atoms with E-state index < -0.39 is 29.5 Å². The van der Waals surface area contributed by atoms with Gasteiger partial charge < -0.3 is 30.1 Å². The van der Waals surface area contributed by atoms with Gasteiger partial charge >= 0.3 is 0 Å². The summed E-state index contributed by atoms with van der Waals surface area (Å²) in [4.78, 5) is 54.9. The van der Waals surface area contributed by atoms with E-state index in [1.54, 1.807) is 30.3 Å². The molecular weight excluding hydrogens is 827 g/mol. The maximum atomic E-state index is 13.9. The summed E-state index contributed by atoms with van der Waals surface area (Å²) in [5.41, 5.74) is 1.72. The molecule has 0 unspecified atom stereocenters. The fourth-order valence-corrected chi connectivity index (χ4v) is 9.49. The van der Waals surface area contributed by atoms with E-state index in [0.717, 1.165) is 43.2 Å². The van der Waals surface area contributed by atoms with Crippen LogP contribution in [0.2, 0.25) is 10.0 Å². The molecule has 1 saturated heterocycles. The summed E-state index contributed by atoms with van der Waals surface area (Å²) in [5.74, 6) is -0.475. The molecular formula is C49H62Cl2N4O7. The zero-order valence-corrected chi connectivity index (χ0v) is 38.6. The average Bonchev–Trinajstić information content (AvgIpc) is 3.62. The third kappa shape index (κ3) is 12.2. The van der Waals surface area contributed by atoms with Crippen molar-refractivity contribution >= 4 is 46.7 Å². The minimum atomic E-state index is -0.906. The third-order valence-corrected chi connectivity index (χ3v) is 12.9. The van der Waals surface area contributed by atoms with Crippen LogP contribution in [0.25, 0.3) is 0 Å². The van der Waals surface area contributed by atoms with Crippen LogP contribution in [0.15, 0.2) is 66.7 Å². The number of carbonyl (C=O) groups excluding carboxylic acids is 4. The van der Waals surface area contributed by atoms with Crippen molar-refractivity contribution in [2.24, 2.45) is 16.2 Å². The van der Waals surface area contributed by atoms with E-state index in [1.807, 2.05) is 57.2 Å². The van der Waals surface area contributed by atoms with E-state index in [0.29, 0.717) is 39.9 Å². The monoisotopic (exact) mass is 888 g/mol. The highest BCUT2D eigenvalue weighted by molar-refractivity contribution is 6.31. The van der Waals surface area contributed by atoms with Crippen molar-refractivity contribution in [2.45, 2.75) is 130 Å². The lowest BCUT2D eigenvalue weighted by Gasteiger charge is -2.63. The van der Waals surface area contributed by atoms with Gasteiger partial charge in [-0.3, -0.25) is 19.2 Å². The quantitative estimate of drug-likeness (QED) is 0.102. The predicted molar refractivity (Wildman–Crippen MR) is 241 cm³/mol. The number of likely N-dealkylation sites (tertiary alicyclic amines) is 1. The van der Waals surface area contributed by atoms with Crippen molar-refractivity contribution in [1.29, 1.82) is 5.26 Å². The van der Waals surface area contributed by atoms with Crippen LogP contribution >= 0.6 is 23.2 Å². The molecule has 11 nitrogen and oxygen atoms in total. The number of amides is 3. The number of ketones is 1. The van der Waals surface area contributed by atoms with Crippen molar-refractivity contribution in [3.63, 3.8) is 0 Å². The number of benzene rings is 3. The molecule has 1 aliphatic heterocycles. The van der Waals surface area contributed by atoms with Crippen LogP contribution in [-0.2, 0) is 32.0 Å². The molecule has 3 aromatic carbocycles. The zero-order chi connectivity index (χ0) is 45.4. The maximum absolute atomic E-state index is 13.9. The second-order valence-corrected chi connectivity index (χ2v) is 19.9. The Balaban J connectivity index is 0.989. The van der Waals surface area contributed by atoms with Gasteiger partial charge in [-0.2, -0.15) is 5.26 Å². The van der Waals surface area contributed by atoms with Gasteiger partial charge in [0.05, 0.1) is 22.7 Å². The molecule has 1 saturated carbocycles. The number of ether oxygens (including phenoxy) is 2. The second-order valence-electron chi connectivity index (χ2n) is 19.1. The van der Waals surface area contributed by atoms with E-state index in [1.165, 1.54) is 4.90 Å². The molecule has 5 rings (SSSR count). The lowest BCUT2D eigenvalue weighted by atomic mass is 9.49. The first-order valence-electron chi connectivity index (χ1n) is 21.6. The number of hydrogen-bond donors (Lipinski definition) is 3. The number of carbonyl (C=O) groups is 4. The van der Waals surface area contributed by atoms with Gasteiger partial charge in [0.1, 0.15) is 30.6 Å². The van der Waals surface area contributed by atoms with Gasteiger partial charge in [0.15, 0.2) is 5.78 Å². The number of aliphatic hydroxyl groups excluding tert-OH is 1. The van der Waals surface area contributed by atoms with Gasteiger partial charge in [-0.05, 0) is 78.6 Å². The first-order valence-corrected chi connectivity index (χ1v) is 22.4. The minimum Gasteiger partial charge on any atom is -0.489 e. The molecule has 3 aromatic rings. The molecule has 1 heterocycles. The Hall–Kier alpha value is -4.47. The number of Topliss-reactive ketones (excluding diaryl/α,β-unsaturated/α-hetero) is 1. The summed E-state index contributed by atoms with van der Waals surface area (Å²) in [6.45, 7) is 14.1. The third-order valence-electron chi connectivity index (χ3n) is 12.3. The fourth-order valence-electron chi connectivity index (χ4n) is 9.15. The van der Waals surface area contributed by atoms with Gasteiger partial charge in [-0.25, -0.2) is 0 Å². The van der Waals surface area contributed by atoms with Crippen LogP contribution in [-0.4, -0.2) is 83.6 Å². The lowest BCUT2D eigenvalue weighted by Crippen LogP contribution is -2.74. The molecule has 0 radical (unpaired) electrons. The predicted octanol–water partition coefficient (Wildman–Crippen LogP) is 8.29. The van der Waals surface area contributed by atoms with Crippen LogP contribution in [0, 0.1) is 27.6 Å². The highest BCUT2D eigenvalue weighted by Crippen LogP contribution is 2.55. The first kappa shape index (κ1) is 48.6. The summed E-state index contributed by atoms with van der Waals surface area (Å²) < 4.78 is 12.0. The number of nitriles is 1. The van der Waals surface area contributed by atoms with Crippen LogP contribution in [0.4, 0.5) is 0 Å². The number of unbranched alkanes of at least 4 members (excludes halogenated alkanes) is 3. The highest BCUT2D eigenvalue weighted by atomic mass is 35.5. The Morgan fingerprint density at radius 1 is 0.903 bits per heavy atom. The fraction of sp³-hybridized carbons (Fsp3) is 0.531. The minimum absolute atomic E-state index is 0.0353. The molecule has 0 aromatic heterocycles. The lowest BCUT2D eigenvalue weighted by molar-refractivity contribution is -0.164. The molecule has 334 valence electrons. The molecule has 2 aliphatic rings. The van der Waals surface area contributed by atoms with Crippen LogP contribution < -0.4 is 15.4 Å². The van der Waals surface area contributed by atoms with E-state index in [-0.39, 0.29) is 66.6 Å². The number of hydrogen-bond acceptors (Lipinski definition) is 8. The number of halogens is 2. The zero-order valence-electron chi connectivity index (χ0n) is 37.1. The Labute approximate surface area is 376 Å². The van der Waals surface area contributed by atoms with Crippen molar-refractivity contribution in [1.82, 2.24) is 15.5 Å². The van der Waals surface area contributed by atoms with Crippen molar-refractivity contribution in [2.75, 3.05) is 19.8 Å². The number of rotatable bonds is 19. The number of nitrogens with zero attached hydrogens (tertiary/aromatic N) is 2. The van der Waals surface area contributed by atoms with E-state index >= 15 is 0 Å². The van der Waals surface area contributed by atoms with Crippen molar-refractivity contribution in [3.8, 4) is 11.8 Å². The first-order chi connectivity index (χ1) is 29.2. The number of β-amino-alcohol motifs (C(OH)–C–C–N with tert-alkyl or cyclic N) is 1.